The number of rotatable bonds is 5. The summed E-state index contributed by atoms with van der Waals surface area (Å²) in [7, 11) is 1.64. The number of methoxy groups -OCH3 is 1. The summed E-state index contributed by atoms with van der Waals surface area (Å²) >= 11 is 0. The highest BCUT2D eigenvalue weighted by Crippen LogP contribution is 2.34. The molecule has 0 aliphatic heterocycles. The lowest BCUT2D eigenvalue weighted by Crippen LogP contribution is -2.24. The Morgan fingerprint density at radius 3 is 2.67 bits per heavy atom. The topological polar surface area (TPSA) is 34.1 Å². The standard InChI is InChI=1S/C17H21FN2O/c1-5-19-15(16-14(18)7-6-10-20-16)13-9-8-11(2)12(3)17(13)21-4/h6-10,15,19H,5H2,1-4H3. The Balaban J connectivity index is 2.59. The number of ether oxygens (including phenoxy) is 1. The van der Waals surface area contributed by atoms with Crippen molar-refractivity contribution in [1.29, 1.82) is 0 Å². The van der Waals surface area contributed by atoms with E-state index in [2.05, 4.69) is 10.3 Å². The van der Waals surface area contributed by atoms with Crippen molar-refractivity contribution in [3.63, 3.8) is 0 Å². The highest BCUT2D eigenvalue weighted by molar-refractivity contribution is 5.49. The lowest BCUT2D eigenvalue weighted by molar-refractivity contribution is 0.399. The second kappa shape index (κ2) is 6.68. The monoisotopic (exact) mass is 288 g/mol. The highest BCUT2D eigenvalue weighted by Gasteiger charge is 2.23. The summed E-state index contributed by atoms with van der Waals surface area (Å²) in [6, 6.07) is 6.70. The first-order valence-electron chi connectivity index (χ1n) is 7.08. The van der Waals surface area contributed by atoms with Crippen LogP contribution in [0, 0.1) is 19.7 Å². The van der Waals surface area contributed by atoms with Gasteiger partial charge in [0.2, 0.25) is 0 Å². The van der Waals surface area contributed by atoms with Gasteiger partial charge in [-0.15, -0.1) is 0 Å². The molecule has 0 radical (unpaired) electrons. The highest BCUT2D eigenvalue weighted by atomic mass is 19.1. The number of benzene rings is 1. The predicted octanol–water partition coefficient (Wildman–Crippen LogP) is 3.55. The third-order valence-corrected chi connectivity index (χ3v) is 3.69. The van der Waals surface area contributed by atoms with Crippen molar-refractivity contribution in [3.8, 4) is 5.75 Å². The van der Waals surface area contributed by atoms with E-state index in [0.29, 0.717) is 12.2 Å². The van der Waals surface area contributed by atoms with Gasteiger partial charge < -0.3 is 10.1 Å². The molecule has 1 aromatic heterocycles. The molecule has 2 rings (SSSR count). The number of hydrogen-bond acceptors (Lipinski definition) is 3. The van der Waals surface area contributed by atoms with E-state index < -0.39 is 0 Å². The molecule has 1 unspecified atom stereocenters. The quantitative estimate of drug-likeness (QED) is 0.913. The van der Waals surface area contributed by atoms with E-state index in [1.807, 2.05) is 32.9 Å². The fourth-order valence-corrected chi connectivity index (χ4v) is 2.48. The van der Waals surface area contributed by atoms with Gasteiger partial charge >= 0.3 is 0 Å². The van der Waals surface area contributed by atoms with E-state index in [9.17, 15) is 4.39 Å². The first-order valence-corrected chi connectivity index (χ1v) is 7.08. The van der Waals surface area contributed by atoms with Crippen molar-refractivity contribution in [2.45, 2.75) is 26.8 Å². The van der Waals surface area contributed by atoms with Crippen LogP contribution in [0.2, 0.25) is 0 Å². The zero-order valence-corrected chi connectivity index (χ0v) is 12.9. The van der Waals surface area contributed by atoms with Gasteiger partial charge in [0, 0.05) is 11.8 Å². The molecule has 1 heterocycles. The van der Waals surface area contributed by atoms with Crippen LogP contribution in [0.15, 0.2) is 30.5 Å². The molecule has 0 saturated heterocycles. The molecule has 21 heavy (non-hydrogen) atoms. The molecule has 1 N–H and O–H groups in total. The number of aromatic nitrogens is 1. The first kappa shape index (κ1) is 15.4. The van der Waals surface area contributed by atoms with Crippen LogP contribution in [0.3, 0.4) is 0 Å². The average molecular weight is 288 g/mol. The summed E-state index contributed by atoms with van der Waals surface area (Å²) in [5.74, 6) is 0.467. The summed E-state index contributed by atoms with van der Waals surface area (Å²) in [6.07, 6.45) is 1.61. The molecule has 0 saturated carbocycles. The molecule has 0 amide bonds. The van der Waals surface area contributed by atoms with Crippen molar-refractivity contribution in [2.24, 2.45) is 0 Å². The van der Waals surface area contributed by atoms with E-state index in [-0.39, 0.29) is 11.9 Å². The molecule has 1 aromatic carbocycles. The smallest absolute Gasteiger partial charge is 0.146 e. The van der Waals surface area contributed by atoms with E-state index >= 15 is 0 Å². The van der Waals surface area contributed by atoms with Gasteiger partial charge in [0.15, 0.2) is 0 Å². The van der Waals surface area contributed by atoms with Crippen LogP contribution in [-0.2, 0) is 0 Å². The maximum absolute atomic E-state index is 14.1. The number of aryl methyl sites for hydroxylation is 1. The van der Waals surface area contributed by atoms with Gasteiger partial charge in [-0.2, -0.15) is 0 Å². The number of hydrogen-bond donors (Lipinski definition) is 1. The van der Waals surface area contributed by atoms with E-state index in [1.165, 1.54) is 6.07 Å². The van der Waals surface area contributed by atoms with Crippen LogP contribution in [0.1, 0.15) is 35.3 Å². The summed E-state index contributed by atoms with van der Waals surface area (Å²) in [5.41, 5.74) is 3.50. The molecule has 4 heteroatoms. The Morgan fingerprint density at radius 1 is 1.29 bits per heavy atom. The number of halogens is 1. The average Bonchev–Trinajstić information content (AvgIpc) is 2.48. The molecule has 3 nitrogen and oxygen atoms in total. The van der Waals surface area contributed by atoms with E-state index in [0.717, 1.165) is 22.4 Å². The van der Waals surface area contributed by atoms with Gasteiger partial charge in [-0.1, -0.05) is 19.1 Å². The first-order chi connectivity index (χ1) is 10.1. The Morgan fingerprint density at radius 2 is 2.05 bits per heavy atom. The van der Waals surface area contributed by atoms with Crippen molar-refractivity contribution in [3.05, 3.63) is 58.7 Å². The minimum atomic E-state index is -0.328. The molecule has 0 aliphatic carbocycles. The zero-order valence-electron chi connectivity index (χ0n) is 12.9. The zero-order chi connectivity index (χ0) is 15.4. The lowest BCUT2D eigenvalue weighted by atomic mass is 9.96. The Hall–Kier alpha value is -1.94. The summed E-state index contributed by atoms with van der Waals surface area (Å²) < 4.78 is 19.7. The van der Waals surface area contributed by atoms with Gasteiger partial charge in [0.25, 0.3) is 0 Å². The van der Waals surface area contributed by atoms with Crippen LogP contribution in [0.4, 0.5) is 4.39 Å². The molecule has 2 aromatic rings. The van der Waals surface area contributed by atoms with Crippen molar-refractivity contribution in [2.75, 3.05) is 13.7 Å². The predicted molar refractivity (Wildman–Crippen MR) is 82.2 cm³/mol. The summed E-state index contributed by atoms with van der Waals surface area (Å²) in [5, 5.41) is 3.29. The van der Waals surface area contributed by atoms with Crippen LogP contribution in [0.5, 0.6) is 5.75 Å². The Labute approximate surface area is 125 Å². The summed E-state index contributed by atoms with van der Waals surface area (Å²) in [4.78, 5) is 4.21. The van der Waals surface area contributed by atoms with E-state index in [4.69, 9.17) is 4.74 Å². The fourth-order valence-electron chi connectivity index (χ4n) is 2.48. The number of nitrogens with one attached hydrogen (secondary N) is 1. The Bertz CT molecular complexity index is 628. The molecular weight excluding hydrogens is 267 g/mol. The molecule has 0 fully saturated rings. The minimum Gasteiger partial charge on any atom is -0.496 e. The third-order valence-electron chi connectivity index (χ3n) is 3.69. The lowest BCUT2D eigenvalue weighted by Gasteiger charge is -2.22. The number of nitrogens with zero attached hydrogens (tertiary/aromatic N) is 1. The normalized spacial score (nSPS) is 12.2. The molecule has 0 spiro atoms. The van der Waals surface area contributed by atoms with Gasteiger partial charge in [-0.3, -0.25) is 4.98 Å². The number of pyridine rings is 1. The second-order valence-corrected chi connectivity index (χ2v) is 4.99. The second-order valence-electron chi connectivity index (χ2n) is 4.99. The van der Waals surface area contributed by atoms with Crippen LogP contribution >= 0.6 is 0 Å². The maximum Gasteiger partial charge on any atom is 0.146 e. The largest absolute Gasteiger partial charge is 0.496 e. The van der Waals surface area contributed by atoms with Crippen molar-refractivity contribution >= 4 is 0 Å². The van der Waals surface area contributed by atoms with Gasteiger partial charge in [-0.25, -0.2) is 4.39 Å². The van der Waals surface area contributed by atoms with Crippen LogP contribution in [0.25, 0.3) is 0 Å². The Kier molecular flexibility index (Phi) is 4.91. The maximum atomic E-state index is 14.1. The van der Waals surface area contributed by atoms with Gasteiger partial charge in [-0.05, 0) is 43.7 Å². The molecule has 0 bridgehead atoms. The third kappa shape index (κ3) is 3.05. The fraction of sp³-hybridized carbons (Fsp3) is 0.353. The summed E-state index contributed by atoms with van der Waals surface area (Å²) in [6.45, 7) is 6.73. The SMILES string of the molecule is CCNC(c1ccc(C)c(C)c1OC)c1ncccc1F. The van der Waals surface area contributed by atoms with Crippen molar-refractivity contribution in [1.82, 2.24) is 10.3 Å². The van der Waals surface area contributed by atoms with Crippen LogP contribution in [-0.4, -0.2) is 18.6 Å². The molecule has 0 aliphatic rings. The molecule has 112 valence electrons. The molecular formula is C17H21FN2O. The van der Waals surface area contributed by atoms with Crippen molar-refractivity contribution < 1.29 is 9.13 Å². The van der Waals surface area contributed by atoms with E-state index in [1.54, 1.807) is 19.4 Å². The van der Waals surface area contributed by atoms with Crippen LogP contribution < -0.4 is 10.1 Å². The van der Waals surface area contributed by atoms with Gasteiger partial charge in [0.05, 0.1) is 18.8 Å². The minimum absolute atomic E-state index is 0.316. The molecule has 1 atom stereocenters. The van der Waals surface area contributed by atoms with Gasteiger partial charge in [0.1, 0.15) is 11.6 Å².